The van der Waals surface area contributed by atoms with Crippen molar-refractivity contribution in [3.63, 3.8) is 0 Å². The van der Waals surface area contributed by atoms with Gasteiger partial charge in [0.25, 0.3) is 5.91 Å². The van der Waals surface area contributed by atoms with Crippen LogP contribution in [0.15, 0.2) is 63.8 Å². The number of sulfone groups is 1. The monoisotopic (exact) mass is 427 g/mol. The molecule has 1 atom stereocenters. The maximum Gasteiger partial charge on any atom is 0.336 e. The van der Waals surface area contributed by atoms with Gasteiger partial charge in [-0.15, -0.1) is 0 Å². The summed E-state index contributed by atoms with van der Waals surface area (Å²) in [7, 11) is -3.12. The van der Waals surface area contributed by atoms with Gasteiger partial charge in [0.1, 0.15) is 11.3 Å². The number of ether oxygens (including phenoxy) is 1. The minimum atomic E-state index is -3.12. The van der Waals surface area contributed by atoms with Crippen LogP contribution in [0.2, 0.25) is 0 Å². The van der Waals surface area contributed by atoms with Crippen LogP contribution in [0.1, 0.15) is 13.3 Å². The van der Waals surface area contributed by atoms with Crippen LogP contribution in [0.3, 0.4) is 0 Å². The zero-order valence-electron chi connectivity index (χ0n) is 16.4. The number of nitrogens with one attached hydrogen (secondary N) is 1. The molecular weight excluding hydrogens is 406 g/mol. The molecule has 0 aliphatic carbocycles. The molecule has 1 fully saturated rings. The van der Waals surface area contributed by atoms with Crippen molar-refractivity contribution in [2.24, 2.45) is 0 Å². The quantitative estimate of drug-likeness (QED) is 0.628. The molecule has 1 aliphatic heterocycles. The number of benzene rings is 2. The van der Waals surface area contributed by atoms with E-state index in [1.807, 2.05) is 30.3 Å². The Labute approximate surface area is 173 Å². The third kappa shape index (κ3) is 4.38. The average molecular weight is 427 g/mol. The molecule has 1 amide bonds. The summed E-state index contributed by atoms with van der Waals surface area (Å²) in [6, 6.07) is 16.0. The van der Waals surface area contributed by atoms with Crippen LogP contribution in [0, 0.1) is 0 Å². The smallest absolute Gasteiger partial charge is 0.336 e. The summed E-state index contributed by atoms with van der Waals surface area (Å²) >= 11 is 0. The average Bonchev–Trinajstić information content (AvgIpc) is 2.98. The van der Waals surface area contributed by atoms with E-state index in [1.165, 1.54) is 6.07 Å². The number of hydrogen-bond donors (Lipinski definition) is 1. The highest BCUT2D eigenvalue weighted by Crippen LogP contribution is 2.29. The summed E-state index contributed by atoms with van der Waals surface area (Å²) in [5.74, 6) is -0.0443. The van der Waals surface area contributed by atoms with Gasteiger partial charge in [0, 0.05) is 17.5 Å². The molecule has 1 aromatic heterocycles. The van der Waals surface area contributed by atoms with E-state index in [1.54, 1.807) is 25.1 Å². The van der Waals surface area contributed by atoms with E-state index in [0.717, 1.165) is 16.5 Å². The van der Waals surface area contributed by atoms with Crippen molar-refractivity contribution in [3.8, 4) is 16.9 Å². The van der Waals surface area contributed by atoms with Crippen molar-refractivity contribution in [1.82, 2.24) is 5.32 Å². The minimum Gasteiger partial charge on any atom is -0.484 e. The second-order valence-electron chi connectivity index (χ2n) is 7.74. The number of amides is 1. The summed E-state index contributed by atoms with van der Waals surface area (Å²) in [5, 5.41) is 3.49. The Morgan fingerprint density at radius 1 is 1.17 bits per heavy atom. The summed E-state index contributed by atoms with van der Waals surface area (Å²) in [4.78, 5) is 24.3. The van der Waals surface area contributed by atoms with E-state index in [-0.39, 0.29) is 18.1 Å². The van der Waals surface area contributed by atoms with Crippen LogP contribution < -0.4 is 15.7 Å². The van der Waals surface area contributed by atoms with E-state index in [9.17, 15) is 18.0 Å². The highest BCUT2D eigenvalue weighted by Gasteiger charge is 2.39. The molecule has 0 saturated carbocycles. The topological polar surface area (TPSA) is 103 Å². The highest BCUT2D eigenvalue weighted by molar-refractivity contribution is 7.91. The van der Waals surface area contributed by atoms with Gasteiger partial charge in [-0.25, -0.2) is 13.2 Å². The molecule has 1 saturated heterocycles. The van der Waals surface area contributed by atoms with Gasteiger partial charge in [-0.05, 0) is 36.6 Å². The predicted molar refractivity (Wildman–Crippen MR) is 113 cm³/mol. The van der Waals surface area contributed by atoms with E-state index < -0.39 is 26.9 Å². The van der Waals surface area contributed by atoms with Gasteiger partial charge in [0.05, 0.1) is 17.0 Å². The van der Waals surface area contributed by atoms with Crippen molar-refractivity contribution in [2.45, 2.75) is 18.9 Å². The number of fused-ring (bicyclic) bond motifs is 1. The van der Waals surface area contributed by atoms with Crippen molar-refractivity contribution in [2.75, 3.05) is 18.1 Å². The van der Waals surface area contributed by atoms with Crippen molar-refractivity contribution >= 4 is 26.7 Å². The van der Waals surface area contributed by atoms with Gasteiger partial charge >= 0.3 is 5.63 Å². The van der Waals surface area contributed by atoms with Crippen LogP contribution >= 0.6 is 0 Å². The van der Waals surface area contributed by atoms with Crippen LogP contribution in [0.25, 0.3) is 22.1 Å². The molecule has 0 spiro atoms. The lowest BCUT2D eigenvalue weighted by Crippen LogP contribution is -2.48. The standard InChI is InChI=1S/C22H21NO6S/c1-22(9-10-30(26,27)14-22)23-20(24)13-28-16-7-8-17-18(15-5-3-2-4-6-15)12-21(25)29-19(17)11-16/h2-8,11-12H,9-10,13-14H2,1H3,(H,23,24)/t22-/m1/s1. The summed E-state index contributed by atoms with van der Waals surface area (Å²) in [5.41, 5.74) is 0.740. The zero-order valence-corrected chi connectivity index (χ0v) is 17.2. The lowest BCUT2D eigenvalue weighted by Gasteiger charge is -2.23. The Kier molecular flexibility index (Phi) is 5.11. The number of carbonyl (C=O) groups is 1. The molecule has 1 N–H and O–H groups in total. The molecule has 0 radical (unpaired) electrons. The van der Waals surface area contributed by atoms with Gasteiger partial charge in [-0.3, -0.25) is 4.79 Å². The Balaban J connectivity index is 1.51. The number of hydrogen-bond acceptors (Lipinski definition) is 6. The van der Waals surface area contributed by atoms with Gasteiger partial charge in [-0.2, -0.15) is 0 Å². The van der Waals surface area contributed by atoms with E-state index >= 15 is 0 Å². The fraction of sp³-hybridized carbons (Fsp3) is 0.273. The van der Waals surface area contributed by atoms with Crippen LogP contribution in [0.4, 0.5) is 0 Å². The molecular formula is C22H21NO6S. The molecule has 2 aromatic carbocycles. The second kappa shape index (κ2) is 7.60. The van der Waals surface area contributed by atoms with Crippen molar-refractivity contribution in [3.05, 3.63) is 65.0 Å². The minimum absolute atomic E-state index is 0.0676. The molecule has 156 valence electrons. The Morgan fingerprint density at radius 2 is 1.93 bits per heavy atom. The second-order valence-corrected chi connectivity index (χ2v) is 9.93. The molecule has 1 aliphatic rings. The first-order valence-corrected chi connectivity index (χ1v) is 11.3. The largest absolute Gasteiger partial charge is 0.484 e. The summed E-state index contributed by atoms with van der Waals surface area (Å²) in [6.07, 6.45) is 0.379. The van der Waals surface area contributed by atoms with E-state index in [2.05, 4.69) is 5.32 Å². The molecule has 2 heterocycles. The lowest BCUT2D eigenvalue weighted by atomic mass is 10.0. The van der Waals surface area contributed by atoms with Crippen molar-refractivity contribution in [1.29, 1.82) is 0 Å². The first-order valence-electron chi connectivity index (χ1n) is 9.51. The Bertz CT molecular complexity index is 1270. The number of rotatable bonds is 5. The maximum absolute atomic E-state index is 12.2. The summed E-state index contributed by atoms with van der Waals surface area (Å²) < 4.78 is 34.2. The first kappa shape index (κ1) is 20.2. The molecule has 30 heavy (non-hydrogen) atoms. The lowest BCUT2D eigenvalue weighted by molar-refractivity contribution is -0.124. The van der Waals surface area contributed by atoms with Gasteiger partial charge in [0.15, 0.2) is 16.4 Å². The van der Waals surface area contributed by atoms with Crippen LogP contribution in [-0.4, -0.2) is 38.0 Å². The fourth-order valence-corrected chi connectivity index (χ4v) is 5.81. The Hall–Kier alpha value is -3.13. The normalized spacial score (nSPS) is 20.2. The van der Waals surface area contributed by atoms with E-state index in [4.69, 9.17) is 9.15 Å². The zero-order chi connectivity index (χ0) is 21.4. The highest BCUT2D eigenvalue weighted by atomic mass is 32.2. The molecule has 0 unspecified atom stereocenters. The third-order valence-corrected chi connectivity index (χ3v) is 7.02. The molecule has 0 bridgehead atoms. The predicted octanol–water partition coefficient (Wildman–Crippen LogP) is 2.53. The maximum atomic E-state index is 12.2. The molecule has 8 heteroatoms. The third-order valence-electron chi connectivity index (χ3n) is 5.12. The van der Waals surface area contributed by atoms with Crippen LogP contribution in [0.5, 0.6) is 5.75 Å². The van der Waals surface area contributed by atoms with Gasteiger partial charge in [0.2, 0.25) is 0 Å². The number of carbonyl (C=O) groups excluding carboxylic acids is 1. The van der Waals surface area contributed by atoms with Gasteiger partial charge in [-0.1, -0.05) is 30.3 Å². The molecule has 4 rings (SSSR count). The van der Waals surface area contributed by atoms with Gasteiger partial charge < -0.3 is 14.5 Å². The van der Waals surface area contributed by atoms with Crippen molar-refractivity contribution < 1.29 is 22.4 Å². The summed E-state index contributed by atoms with van der Waals surface area (Å²) in [6.45, 7) is 1.44. The van der Waals surface area contributed by atoms with E-state index in [0.29, 0.717) is 17.8 Å². The Morgan fingerprint density at radius 3 is 2.63 bits per heavy atom. The first-order chi connectivity index (χ1) is 14.2. The van der Waals surface area contributed by atoms with Crippen LogP contribution in [-0.2, 0) is 14.6 Å². The SMILES string of the molecule is C[C@@]1(NC(=O)COc2ccc3c(-c4ccccc4)cc(=O)oc3c2)CCS(=O)(=O)C1. The molecule has 7 nitrogen and oxygen atoms in total. The fourth-order valence-electron chi connectivity index (χ4n) is 3.72. The molecule has 3 aromatic rings.